The van der Waals surface area contributed by atoms with Crippen LogP contribution in [0.5, 0.6) is 0 Å². The minimum absolute atomic E-state index is 0.0977. The number of benzene rings is 1. The van der Waals surface area contributed by atoms with Crippen LogP contribution in [0.15, 0.2) is 18.2 Å². The summed E-state index contributed by atoms with van der Waals surface area (Å²) in [6, 6.07) is 2.62. The predicted octanol–water partition coefficient (Wildman–Crippen LogP) is 1.23. The SMILES string of the molecule is CC(C)(O)CNC(=O)c1cc(F)ccc1[N+](=O)[O-]. The Hall–Kier alpha value is -2.02. The number of nitrogens with zero attached hydrogens (tertiary/aromatic N) is 1. The van der Waals surface area contributed by atoms with E-state index >= 15 is 0 Å². The molecule has 1 rings (SSSR count). The third kappa shape index (κ3) is 3.77. The van der Waals surface area contributed by atoms with E-state index in [1.165, 1.54) is 13.8 Å². The highest BCUT2D eigenvalue weighted by molar-refractivity contribution is 5.98. The van der Waals surface area contributed by atoms with Gasteiger partial charge in [-0.1, -0.05) is 0 Å². The fraction of sp³-hybridized carbons (Fsp3) is 0.364. The van der Waals surface area contributed by atoms with E-state index in [9.17, 15) is 24.4 Å². The number of carbonyl (C=O) groups excluding carboxylic acids is 1. The lowest BCUT2D eigenvalue weighted by Crippen LogP contribution is -2.38. The second-order valence-electron chi connectivity index (χ2n) is 4.41. The molecule has 0 radical (unpaired) electrons. The molecule has 1 amide bonds. The highest BCUT2D eigenvalue weighted by Crippen LogP contribution is 2.19. The van der Waals surface area contributed by atoms with E-state index in [1.54, 1.807) is 0 Å². The summed E-state index contributed by atoms with van der Waals surface area (Å²) in [6.07, 6.45) is 0. The van der Waals surface area contributed by atoms with Crippen LogP contribution < -0.4 is 5.32 Å². The monoisotopic (exact) mass is 256 g/mol. The molecule has 18 heavy (non-hydrogen) atoms. The van der Waals surface area contributed by atoms with Crippen LogP contribution in [0.4, 0.5) is 10.1 Å². The first kappa shape index (κ1) is 14.0. The van der Waals surface area contributed by atoms with Crippen molar-refractivity contribution in [1.29, 1.82) is 0 Å². The number of rotatable bonds is 4. The fourth-order valence-corrected chi connectivity index (χ4v) is 1.24. The molecule has 0 aromatic heterocycles. The number of nitro groups is 1. The van der Waals surface area contributed by atoms with E-state index in [4.69, 9.17) is 0 Å². The van der Waals surface area contributed by atoms with Gasteiger partial charge in [0.15, 0.2) is 0 Å². The zero-order valence-electron chi connectivity index (χ0n) is 9.94. The maximum absolute atomic E-state index is 13.0. The summed E-state index contributed by atoms with van der Waals surface area (Å²) in [6.45, 7) is 2.83. The van der Waals surface area contributed by atoms with Crippen LogP contribution in [-0.2, 0) is 0 Å². The molecule has 0 spiro atoms. The van der Waals surface area contributed by atoms with Crippen LogP contribution in [0.2, 0.25) is 0 Å². The molecule has 2 N–H and O–H groups in total. The van der Waals surface area contributed by atoms with Gasteiger partial charge < -0.3 is 10.4 Å². The van der Waals surface area contributed by atoms with Crippen molar-refractivity contribution in [3.05, 3.63) is 39.7 Å². The topological polar surface area (TPSA) is 92.5 Å². The molecule has 0 heterocycles. The average Bonchev–Trinajstić information content (AvgIpc) is 2.24. The summed E-state index contributed by atoms with van der Waals surface area (Å²) < 4.78 is 13.0. The van der Waals surface area contributed by atoms with Crippen molar-refractivity contribution >= 4 is 11.6 Å². The Morgan fingerprint density at radius 3 is 2.67 bits per heavy atom. The molecule has 1 aromatic carbocycles. The number of hydrogen-bond acceptors (Lipinski definition) is 4. The molecule has 0 bridgehead atoms. The first-order valence-electron chi connectivity index (χ1n) is 5.15. The summed E-state index contributed by atoms with van der Waals surface area (Å²) in [5, 5.41) is 22.4. The number of amides is 1. The molecule has 0 aliphatic rings. The van der Waals surface area contributed by atoms with E-state index < -0.39 is 27.9 Å². The molecule has 0 fully saturated rings. The second kappa shape index (κ2) is 5.09. The molecule has 0 saturated carbocycles. The summed E-state index contributed by atoms with van der Waals surface area (Å²) in [5.41, 5.74) is -2.01. The lowest BCUT2D eigenvalue weighted by molar-refractivity contribution is -0.385. The van der Waals surface area contributed by atoms with Crippen LogP contribution in [0, 0.1) is 15.9 Å². The van der Waals surface area contributed by atoms with Crippen molar-refractivity contribution in [3.63, 3.8) is 0 Å². The van der Waals surface area contributed by atoms with Crippen LogP contribution in [-0.4, -0.2) is 28.1 Å². The standard InChI is InChI=1S/C11H13FN2O4/c1-11(2,16)6-13-10(15)8-5-7(12)3-4-9(8)14(17)18/h3-5,16H,6H2,1-2H3,(H,13,15). The van der Waals surface area contributed by atoms with Crippen molar-refractivity contribution in [1.82, 2.24) is 5.32 Å². The Bertz CT molecular complexity index is 482. The van der Waals surface area contributed by atoms with Gasteiger partial charge in [-0.05, 0) is 26.0 Å². The van der Waals surface area contributed by atoms with Gasteiger partial charge in [0.05, 0.1) is 10.5 Å². The van der Waals surface area contributed by atoms with Crippen molar-refractivity contribution in [2.45, 2.75) is 19.4 Å². The molecule has 0 aliphatic heterocycles. The van der Waals surface area contributed by atoms with Gasteiger partial charge in [-0.2, -0.15) is 0 Å². The zero-order chi connectivity index (χ0) is 13.9. The predicted molar refractivity (Wildman–Crippen MR) is 61.7 cm³/mol. The minimum atomic E-state index is -1.15. The fourth-order valence-electron chi connectivity index (χ4n) is 1.24. The smallest absolute Gasteiger partial charge is 0.282 e. The quantitative estimate of drug-likeness (QED) is 0.626. The Morgan fingerprint density at radius 2 is 2.17 bits per heavy atom. The van der Waals surface area contributed by atoms with E-state index in [-0.39, 0.29) is 12.1 Å². The van der Waals surface area contributed by atoms with Gasteiger partial charge in [-0.25, -0.2) is 4.39 Å². The van der Waals surface area contributed by atoms with Crippen molar-refractivity contribution in [3.8, 4) is 0 Å². The summed E-state index contributed by atoms with van der Waals surface area (Å²) in [4.78, 5) is 21.6. The van der Waals surface area contributed by atoms with Gasteiger partial charge in [0.25, 0.3) is 11.6 Å². The van der Waals surface area contributed by atoms with E-state index in [0.717, 1.165) is 18.2 Å². The number of aliphatic hydroxyl groups is 1. The van der Waals surface area contributed by atoms with Crippen LogP contribution in [0.3, 0.4) is 0 Å². The largest absolute Gasteiger partial charge is 0.389 e. The molecule has 0 saturated heterocycles. The van der Waals surface area contributed by atoms with Crippen LogP contribution >= 0.6 is 0 Å². The van der Waals surface area contributed by atoms with Crippen LogP contribution in [0.25, 0.3) is 0 Å². The van der Waals surface area contributed by atoms with E-state index in [0.29, 0.717) is 0 Å². The molecular weight excluding hydrogens is 243 g/mol. The maximum Gasteiger partial charge on any atom is 0.282 e. The zero-order valence-corrected chi connectivity index (χ0v) is 9.94. The third-order valence-electron chi connectivity index (χ3n) is 2.08. The Morgan fingerprint density at radius 1 is 1.56 bits per heavy atom. The molecular formula is C11H13FN2O4. The molecule has 6 nitrogen and oxygen atoms in total. The molecule has 98 valence electrons. The van der Waals surface area contributed by atoms with Gasteiger partial charge in [0, 0.05) is 12.6 Å². The summed E-state index contributed by atoms with van der Waals surface area (Å²) in [7, 11) is 0. The van der Waals surface area contributed by atoms with Crippen molar-refractivity contribution < 1.29 is 19.2 Å². The first-order chi connectivity index (χ1) is 8.20. The number of carbonyl (C=O) groups is 1. The maximum atomic E-state index is 13.0. The highest BCUT2D eigenvalue weighted by Gasteiger charge is 2.22. The number of halogens is 1. The lowest BCUT2D eigenvalue weighted by Gasteiger charge is -2.17. The first-order valence-corrected chi connectivity index (χ1v) is 5.15. The number of nitro benzene ring substituents is 1. The molecule has 0 unspecified atom stereocenters. The van der Waals surface area contributed by atoms with Gasteiger partial charge in [-0.3, -0.25) is 14.9 Å². The molecule has 7 heteroatoms. The highest BCUT2D eigenvalue weighted by atomic mass is 19.1. The Labute approximate surface area is 103 Å². The van der Waals surface area contributed by atoms with Gasteiger partial charge in [0.1, 0.15) is 11.4 Å². The number of nitrogens with one attached hydrogen (secondary N) is 1. The van der Waals surface area contributed by atoms with Crippen molar-refractivity contribution in [2.24, 2.45) is 0 Å². The van der Waals surface area contributed by atoms with Gasteiger partial charge in [-0.15, -0.1) is 0 Å². The van der Waals surface area contributed by atoms with Gasteiger partial charge >= 0.3 is 0 Å². The van der Waals surface area contributed by atoms with Crippen molar-refractivity contribution in [2.75, 3.05) is 6.54 Å². The van der Waals surface area contributed by atoms with E-state index in [2.05, 4.69) is 5.32 Å². The van der Waals surface area contributed by atoms with E-state index in [1.807, 2.05) is 0 Å². The summed E-state index contributed by atoms with van der Waals surface area (Å²) in [5.74, 6) is -1.54. The van der Waals surface area contributed by atoms with Crippen LogP contribution in [0.1, 0.15) is 24.2 Å². The molecule has 0 aliphatic carbocycles. The Balaban J connectivity index is 2.97. The van der Waals surface area contributed by atoms with Gasteiger partial charge in [0.2, 0.25) is 0 Å². The minimum Gasteiger partial charge on any atom is -0.389 e. The molecule has 1 aromatic rings. The normalized spacial score (nSPS) is 11.1. The average molecular weight is 256 g/mol. The molecule has 0 atom stereocenters. The number of hydrogen-bond donors (Lipinski definition) is 2. The lowest BCUT2D eigenvalue weighted by atomic mass is 10.1. The second-order valence-corrected chi connectivity index (χ2v) is 4.41. The summed E-state index contributed by atoms with van der Waals surface area (Å²) >= 11 is 0. The Kier molecular flexibility index (Phi) is 3.97. The third-order valence-corrected chi connectivity index (χ3v) is 2.08.